The van der Waals surface area contributed by atoms with Crippen molar-refractivity contribution in [2.24, 2.45) is 5.92 Å². The molecule has 0 radical (unpaired) electrons. The number of hydrogen-bond donors (Lipinski definition) is 2. The maximum atomic E-state index is 11.5. The zero-order valence-electron chi connectivity index (χ0n) is 14.9. The van der Waals surface area contributed by atoms with Gasteiger partial charge in [-0.3, -0.25) is 0 Å². The van der Waals surface area contributed by atoms with Crippen LogP contribution in [-0.4, -0.2) is 36.6 Å². The number of benzene rings is 1. The molecular formula is C18H23N3O2S3. The maximum Gasteiger partial charge on any atom is 0.189 e. The Morgan fingerprint density at radius 1 is 1.35 bits per heavy atom. The van der Waals surface area contributed by atoms with Gasteiger partial charge in [0.25, 0.3) is 0 Å². The van der Waals surface area contributed by atoms with Crippen LogP contribution in [-0.2, 0) is 9.84 Å². The van der Waals surface area contributed by atoms with Crippen molar-refractivity contribution < 1.29 is 8.42 Å². The van der Waals surface area contributed by atoms with Crippen molar-refractivity contribution in [3.05, 3.63) is 35.2 Å². The second kappa shape index (κ2) is 8.02. The third kappa shape index (κ3) is 5.02. The van der Waals surface area contributed by atoms with Crippen LogP contribution in [0.1, 0.15) is 31.7 Å². The van der Waals surface area contributed by atoms with Crippen LogP contribution in [0, 0.1) is 5.92 Å². The summed E-state index contributed by atoms with van der Waals surface area (Å²) in [5, 5.41) is 9.39. The van der Waals surface area contributed by atoms with E-state index in [-0.39, 0.29) is 17.4 Å². The Morgan fingerprint density at radius 3 is 2.69 bits per heavy atom. The van der Waals surface area contributed by atoms with Gasteiger partial charge in [-0.15, -0.1) is 11.3 Å². The smallest absolute Gasteiger partial charge is 0.189 e. The van der Waals surface area contributed by atoms with E-state index in [2.05, 4.69) is 53.7 Å². The average molecular weight is 410 g/mol. The second-order valence-electron chi connectivity index (χ2n) is 6.92. The van der Waals surface area contributed by atoms with Gasteiger partial charge < -0.3 is 10.6 Å². The minimum atomic E-state index is -2.85. The van der Waals surface area contributed by atoms with E-state index in [1.807, 2.05) is 5.38 Å². The quantitative estimate of drug-likeness (QED) is 0.735. The molecule has 0 aliphatic carbocycles. The fraction of sp³-hybridized carbons (Fsp3) is 0.444. The van der Waals surface area contributed by atoms with Crippen molar-refractivity contribution in [1.82, 2.24) is 10.3 Å². The first-order valence-corrected chi connectivity index (χ1v) is 11.7. The molecule has 5 nitrogen and oxygen atoms in total. The Labute approximate surface area is 164 Å². The molecule has 8 heteroatoms. The molecule has 1 atom stereocenters. The molecule has 1 aromatic heterocycles. The summed E-state index contributed by atoms with van der Waals surface area (Å²) in [6.07, 6.45) is 0.700. The minimum absolute atomic E-state index is 0.131. The van der Waals surface area contributed by atoms with Gasteiger partial charge >= 0.3 is 0 Å². The standard InChI is InChI=1S/C18H23N3O2S3/c1-12(2)14-3-5-15(6-4-14)16-10-25-18(20-16)21-17(24)19-9-13-7-8-26(22,23)11-13/h3-6,10,12-13H,7-9,11H2,1-2H3,(H2,19,20,21,24)/t13-/m1/s1. The maximum absolute atomic E-state index is 11.5. The van der Waals surface area contributed by atoms with Crippen LogP contribution in [0.3, 0.4) is 0 Å². The Hall–Kier alpha value is -1.51. The molecule has 140 valence electrons. The van der Waals surface area contributed by atoms with E-state index >= 15 is 0 Å². The topological polar surface area (TPSA) is 71.1 Å². The molecule has 3 rings (SSSR count). The van der Waals surface area contributed by atoms with Gasteiger partial charge in [-0.25, -0.2) is 13.4 Å². The van der Waals surface area contributed by atoms with Crippen LogP contribution >= 0.6 is 23.6 Å². The molecule has 0 spiro atoms. The highest BCUT2D eigenvalue weighted by Gasteiger charge is 2.27. The Morgan fingerprint density at radius 2 is 2.08 bits per heavy atom. The van der Waals surface area contributed by atoms with E-state index in [0.29, 0.717) is 24.0 Å². The van der Waals surface area contributed by atoms with Gasteiger partial charge in [0, 0.05) is 17.5 Å². The molecule has 1 aliphatic rings. The number of aromatic nitrogens is 1. The predicted molar refractivity (Wildman–Crippen MR) is 113 cm³/mol. The molecule has 2 N–H and O–H groups in total. The summed E-state index contributed by atoms with van der Waals surface area (Å²) >= 11 is 6.79. The highest BCUT2D eigenvalue weighted by Crippen LogP contribution is 2.26. The molecule has 1 saturated heterocycles. The number of rotatable bonds is 5. The summed E-state index contributed by atoms with van der Waals surface area (Å²) in [6.45, 7) is 4.92. The lowest BCUT2D eigenvalue weighted by Crippen LogP contribution is -2.33. The molecule has 0 saturated carbocycles. The molecule has 0 amide bonds. The van der Waals surface area contributed by atoms with E-state index in [4.69, 9.17) is 12.2 Å². The summed E-state index contributed by atoms with van der Waals surface area (Å²) in [4.78, 5) is 4.58. The van der Waals surface area contributed by atoms with Crippen LogP contribution in [0.4, 0.5) is 5.13 Å². The van der Waals surface area contributed by atoms with Crippen LogP contribution in [0.25, 0.3) is 11.3 Å². The van der Waals surface area contributed by atoms with Gasteiger partial charge in [0.15, 0.2) is 20.1 Å². The van der Waals surface area contributed by atoms with Crippen LogP contribution in [0.15, 0.2) is 29.6 Å². The van der Waals surface area contributed by atoms with Gasteiger partial charge in [0.05, 0.1) is 17.2 Å². The van der Waals surface area contributed by atoms with Crippen molar-refractivity contribution in [1.29, 1.82) is 0 Å². The zero-order chi connectivity index (χ0) is 18.7. The molecule has 1 aliphatic heterocycles. The first kappa shape index (κ1) is 19.3. The molecule has 26 heavy (non-hydrogen) atoms. The second-order valence-corrected chi connectivity index (χ2v) is 10.4. The lowest BCUT2D eigenvalue weighted by Gasteiger charge is -2.11. The number of thiazole rings is 1. The Balaban J connectivity index is 1.54. The normalized spacial score (nSPS) is 18.8. The van der Waals surface area contributed by atoms with Crippen LogP contribution < -0.4 is 10.6 Å². The number of anilines is 1. The van der Waals surface area contributed by atoms with Crippen molar-refractivity contribution in [3.63, 3.8) is 0 Å². The minimum Gasteiger partial charge on any atom is -0.362 e. The SMILES string of the molecule is CC(C)c1ccc(-c2csc(NC(=S)NC[C@H]3CCS(=O)(=O)C3)n2)cc1. The van der Waals surface area contributed by atoms with E-state index in [9.17, 15) is 8.42 Å². The fourth-order valence-corrected chi connectivity index (χ4v) is 5.74. The first-order chi connectivity index (χ1) is 12.3. The number of sulfone groups is 1. The number of hydrogen-bond acceptors (Lipinski definition) is 5. The van der Waals surface area contributed by atoms with Gasteiger partial charge in [-0.2, -0.15) is 0 Å². The monoisotopic (exact) mass is 409 g/mol. The highest BCUT2D eigenvalue weighted by molar-refractivity contribution is 7.91. The van der Waals surface area contributed by atoms with Crippen LogP contribution in [0.2, 0.25) is 0 Å². The van der Waals surface area contributed by atoms with Crippen molar-refractivity contribution in [3.8, 4) is 11.3 Å². The molecule has 2 aromatic rings. The summed E-state index contributed by atoms with van der Waals surface area (Å²) in [7, 11) is -2.85. The van der Waals surface area contributed by atoms with Crippen molar-refractivity contribution in [2.45, 2.75) is 26.2 Å². The third-order valence-electron chi connectivity index (χ3n) is 4.48. The summed E-state index contributed by atoms with van der Waals surface area (Å²) in [6, 6.07) is 8.44. The van der Waals surface area contributed by atoms with Gasteiger partial charge in [-0.1, -0.05) is 38.1 Å². The lowest BCUT2D eigenvalue weighted by atomic mass is 10.0. The summed E-state index contributed by atoms with van der Waals surface area (Å²) in [5.74, 6) is 1.17. The predicted octanol–water partition coefficient (Wildman–Crippen LogP) is 3.65. The van der Waals surface area contributed by atoms with E-state index in [1.54, 1.807) is 0 Å². The lowest BCUT2D eigenvalue weighted by molar-refractivity contribution is 0.574. The average Bonchev–Trinajstić information content (AvgIpc) is 3.19. The van der Waals surface area contributed by atoms with Gasteiger partial charge in [0.1, 0.15) is 0 Å². The zero-order valence-corrected chi connectivity index (χ0v) is 17.3. The molecule has 2 heterocycles. The molecule has 0 bridgehead atoms. The van der Waals surface area contributed by atoms with Gasteiger partial charge in [0.2, 0.25) is 0 Å². The van der Waals surface area contributed by atoms with Crippen molar-refractivity contribution >= 4 is 43.6 Å². The first-order valence-electron chi connectivity index (χ1n) is 8.63. The molecular weight excluding hydrogens is 386 g/mol. The Kier molecular flexibility index (Phi) is 5.94. The summed E-state index contributed by atoms with van der Waals surface area (Å²) in [5.41, 5.74) is 3.30. The number of nitrogens with one attached hydrogen (secondary N) is 2. The number of nitrogens with zero attached hydrogens (tertiary/aromatic N) is 1. The van der Waals surface area contributed by atoms with E-state index in [0.717, 1.165) is 16.4 Å². The molecule has 1 aromatic carbocycles. The Bertz CT molecular complexity index is 873. The largest absolute Gasteiger partial charge is 0.362 e. The fourth-order valence-electron chi connectivity index (χ4n) is 2.91. The van der Waals surface area contributed by atoms with Crippen LogP contribution in [0.5, 0.6) is 0 Å². The highest BCUT2D eigenvalue weighted by atomic mass is 32.2. The summed E-state index contributed by atoms with van der Waals surface area (Å²) < 4.78 is 23.0. The van der Waals surface area contributed by atoms with E-state index in [1.165, 1.54) is 16.9 Å². The van der Waals surface area contributed by atoms with Gasteiger partial charge in [-0.05, 0) is 36.0 Å². The van der Waals surface area contributed by atoms with E-state index < -0.39 is 9.84 Å². The van der Waals surface area contributed by atoms with Crippen molar-refractivity contribution in [2.75, 3.05) is 23.4 Å². The third-order valence-corrected chi connectivity index (χ3v) is 7.32. The molecule has 1 fully saturated rings. The molecule has 0 unspecified atom stereocenters. The number of thiocarbonyl (C=S) groups is 1.